The first-order valence-corrected chi connectivity index (χ1v) is 13.9. The summed E-state index contributed by atoms with van der Waals surface area (Å²) in [7, 11) is 0. The molecule has 2 heterocycles. The average molecular weight is 538 g/mol. The van der Waals surface area contributed by atoms with Crippen molar-refractivity contribution in [1.82, 2.24) is 0 Å². The Morgan fingerprint density at radius 3 is 1.73 bits per heavy atom. The zero-order valence-corrected chi connectivity index (χ0v) is 22.8. The molecule has 0 fully saturated rings. The molecule has 0 saturated carbocycles. The molecule has 0 saturated heterocycles. The molecule has 7 rings (SSSR count). The highest BCUT2D eigenvalue weighted by Gasteiger charge is 2.15. The summed E-state index contributed by atoms with van der Waals surface area (Å²) in [6, 6.07) is 33.3. The van der Waals surface area contributed by atoms with Crippen molar-refractivity contribution in [2.45, 2.75) is 13.8 Å². The van der Waals surface area contributed by atoms with Gasteiger partial charge >= 0.3 is 11.3 Å². The molecule has 0 bridgehead atoms. The molecule has 0 aliphatic rings. The van der Waals surface area contributed by atoms with Gasteiger partial charge in [-0.2, -0.15) is 0 Å². The zero-order chi connectivity index (χ0) is 28.1. The molecule has 5 heteroatoms. The van der Waals surface area contributed by atoms with Gasteiger partial charge in [0.05, 0.1) is 11.1 Å². The Labute approximate surface area is 235 Å². The number of fused-ring (bicyclic) bond motifs is 7. The third kappa shape index (κ3) is 4.09. The molecule has 2 aromatic heterocycles. The first kappa shape index (κ1) is 24.9. The van der Waals surface area contributed by atoms with Gasteiger partial charge in [-0.15, -0.1) is 0 Å². The first-order chi connectivity index (χ1) is 20.1. The van der Waals surface area contributed by atoms with Gasteiger partial charge in [0.15, 0.2) is 0 Å². The number of hydrogen-bond donors (Lipinski definition) is 0. The zero-order valence-electron chi connectivity index (χ0n) is 22.8. The van der Waals surface area contributed by atoms with Gasteiger partial charge in [0.1, 0.15) is 11.2 Å². The predicted molar refractivity (Wildman–Crippen MR) is 168 cm³/mol. The highest BCUT2D eigenvalue weighted by molar-refractivity contribution is 6.23. The molecular formula is C36H27NO4. The Morgan fingerprint density at radius 2 is 1.10 bits per heavy atom. The molecule has 7 aromatic rings. The molecule has 0 atom stereocenters. The molecule has 0 amide bonds. The summed E-state index contributed by atoms with van der Waals surface area (Å²) in [6.07, 6.45) is 0. The smallest absolute Gasteiger partial charge is 0.344 e. The lowest BCUT2D eigenvalue weighted by Gasteiger charge is -2.21. The van der Waals surface area contributed by atoms with Crippen molar-refractivity contribution >= 4 is 49.2 Å². The van der Waals surface area contributed by atoms with E-state index in [9.17, 15) is 9.59 Å². The standard InChI is InChI=1S/C36H27NO4/c1-3-37(4-2)25-18-17-24-19-30(35(38)40-33(24)20-25)22-13-15-23(16-14-22)31-21-32-28-11-6-5-9-26(28)27-10-7-8-12-29(27)34(32)41-36(31)39/h5-21H,3-4H2,1-2H3. The summed E-state index contributed by atoms with van der Waals surface area (Å²) in [5, 5.41) is 5.84. The van der Waals surface area contributed by atoms with Crippen molar-refractivity contribution in [3.8, 4) is 22.3 Å². The van der Waals surface area contributed by atoms with Crippen LogP contribution in [0.3, 0.4) is 0 Å². The van der Waals surface area contributed by atoms with E-state index in [2.05, 4.69) is 36.9 Å². The molecule has 5 nitrogen and oxygen atoms in total. The highest BCUT2D eigenvalue weighted by Crippen LogP contribution is 2.36. The minimum absolute atomic E-state index is 0.398. The van der Waals surface area contributed by atoms with Gasteiger partial charge < -0.3 is 13.7 Å². The van der Waals surface area contributed by atoms with E-state index in [1.54, 1.807) is 0 Å². The van der Waals surface area contributed by atoms with Gasteiger partial charge in [0, 0.05) is 41.0 Å². The second-order valence-corrected chi connectivity index (χ2v) is 10.2. The normalized spacial score (nSPS) is 11.6. The molecule has 41 heavy (non-hydrogen) atoms. The fraction of sp³-hybridized carbons (Fsp3) is 0.111. The lowest BCUT2D eigenvalue weighted by Crippen LogP contribution is -2.21. The molecule has 0 radical (unpaired) electrons. The van der Waals surface area contributed by atoms with Gasteiger partial charge in [0.25, 0.3) is 0 Å². The maximum atomic E-state index is 13.3. The van der Waals surface area contributed by atoms with Crippen LogP contribution in [-0.2, 0) is 0 Å². The van der Waals surface area contributed by atoms with E-state index in [0.29, 0.717) is 22.3 Å². The maximum Gasteiger partial charge on any atom is 0.344 e. The van der Waals surface area contributed by atoms with Gasteiger partial charge in [-0.3, -0.25) is 0 Å². The molecule has 0 unspecified atom stereocenters. The number of nitrogens with zero attached hydrogens (tertiary/aromatic N) is 1. The van der Waals surface area contributed by atoms with Gasteiger partial charge in [-0.05, 0) is 65.4 Å². The van der Waals surface area contributed by atoms with Crippen molar-refractivity contribution in [1.29, 1.82) is 0 Å². The number of benzene rings is 5. The molecule has 0 aliphatic carbocycles. The van der Waals surface area contributed by atoms with Crippen LogP contribution in [-0.4, -0.2) is 13.1 Å². The second-order valence-electron chi connectivity index (χ2n) is 10.2. The summed E-state index contributed by atoms with van der Waals surface area (Å²) < 4.78 is 11.7. The highest BCUT2D eigenvalue weighted by atomic mass is 16.4. The Balaban J connectivity index is 1.32. The Bertz CT molecular complexity index is 2220. The van der Waals surface area contributed by atoms with Gasteiger partial charge in [-0.1, -0.05) is 72.8 Å². The summed E-state index contributed by atoms with van der Waals surface area (Å²) >= 11 is 0. The fourth-order valence-electron chi connectivity index (χ4n) is 5.86. The minimum atomic E-state index is -0.403. The predicted octanol–water partition coefficient (Wildman–Crippen LogP) is 8.39. The van der Waals surface area contributed by atoms with Crippen LogP contribution in [0.1, 0.15) is 13.8 Å². The summed E-state index contributed by atoms with van der Waals surface area (Å²) in [5.41, 5.74) is 3.76. The van der Waals surface area contributed by atoms with E-state index in [-0.39, 0.29) is 0 Å². The number of anilines is 1. The Hall–Kier alpha value is -5.16. The third-order valence-electron chi connectivity index (χ3n) is 7.98. The average Bonchev–Trinajstić information content (AvgIpc) is 3.01. The van der Waals surface area contributed by atoms with Crippen LogP contribution in [0, 0.1) is 0 Å². The van der Waals surface area contributed by atoms with Crippen LogP contribution in [0.4, 0.5) is 5.69 Å². The Morgan fingerprint density at radius 1 is 0.561 bits per heavy atom. The lowest BCUT2D eigenvalue weighted by molar-refractivity contribution is 0.563. The van der Waals surface area contributed by atoms with E-state index >= 15 is 0 Å². The van der Waals surface area contributed by atoms with Crippen LogP contribution >= 0.6 is 0 Å². The quantitative estimate of drug-likeness (QED) is 0.163. The van der Waals surface area contributed by atoms with Crippen molar-refractivity contribution in [3.05, 3.63) is 124 Å². The Kier molecular flexibility index (Phi) is 5.93. The number of rotatable bonds is 5. The lowest BCUT2D eigenvalue weighted by atomic mass is 9.96. The molecular weight excluding hydrogens is 510 g/mol. The molecule has 0 spiro atoms. The SMILES string of the molecule is CCN(CC)c1ccc2cc(-c3ccc(-c4cc5c6ccccc6c6ccccc6c5oc4=O)cc3)c(=O)oc2c1. The van der Waals surface area contributed by atoms with E-state index in [4.69, 9.17) is 8.83 Å². The van der Waals surface area contributed by atoms with Crippen molar-refractivity contribution in [3.63, 3.8) is 0 Å². The molecule has 0 aliphatic heterocycles. The van der Waals surface area contributed by atoms with Crippen LogP contribution in [0.15, 0.2) is 122 Å². The molecule has 200 valence electrons. The van der Waals surface area contributed by atoms with Crippen LogP contribution in [0.2, 0.25) is 0 Å². The molecule has 0 N–H and O–H groups in total. The first-order valence-electron chi connectivity index (χ1n) is 13.9. The van der Waals surface area contributed by atoms with Crippen molar-refractivity contribution in [2.75, 3.05) is 18.0 Å². The molecule has 5 aromatic carbocycles. The van der Waals surface area contributed by atoms with Crippen molar-refractivity contribution in [2.24, 2.45) is 0 Å². The van der Waals surface area contributed by atoms with Crippen LogP contribution < -0.4 is 16.2 Å². The van der Waals surface area contributed by atoms with E-state index in [1.807, 2.05) is 84.9 Å². The van der Waals surface area contributed by atoms with E-state index in [0.717, 1.165) is 62.2 Å². The van der Waals surface area contributed by atoms with Gasteiger partial charge in [0.2, 0.25) is 0 Å². The monoisotopic (exact) mass is 537 g/mol. The number of hydrogen-bond acceptors (Lipinski definition) is 5. The summed E-state index contributed by atoms with van der Waals surface area (Å²) in [5.74, 6) is 0. The maximum absolute atomic E-state index is 13.3. The topological polar surface area (TPSA) is 63.7 Å². The van der Waals surface area contributed by atoms with E-state index < -0.39 is 11.3 Å². The van der Waals surface area contributed by atoms with Crippen LogP contribution in [0.5, 0.6) is 0 Å². The van der Waals surface area contributed by atoms with Crippen molar-refractivity contribution < 1.29 is 8.83 Å². The summed E-state index contributed by atoms with van der Waals surface area (Å²) in [6.45, 7) is 5.95. The largest absolute Gasteiger partial charge is 0.422 e. The minimum Gasteiger partial charge on any atom is -0.422 e. The fourth-order valence-corrected chi connectivity index (χ4v) is 5.86. The van der Waals surface area contributed by atoms with E-state index in [1.165, 1.54) is 0 Å². The second kappa shape index (κ2) is 9.79. The van der Waals surface area contributed by atoms with Crippen LogP contribution in [0.25, 0.3) is 65.7 Å². The summed E-state index contributed by atoms with van der Waals surface area (Å²) in [4.78, 5) is 28.5. The van der Waals surface area contributed by atoms with Gasteiger partial charge in [-0.25, -0.2) is 9.59 Å². The third-order valence-corrected chi connectivity index (χ3v) is 7.98.